The maximum Gasteiger partial charge on any atom is 0.193 e. The van der Waals surface area contributed by atoms with Crippen LogP contribution in [-0.4, -0.2) is 63.5 Å². The van der Waals surface area contributed by atoms with E-state index in [0.29, 0.717) is 12.6 Å². The van der Waals surface area contributed by atoms with Gasteiger partial charge in [0.15, 0.2) is 5.96 Å². The first kappa shape index (κ1) is 24.1. The number of methoxy groups -OCH3 is 1. The Morgan fingerprint density at radius 1 is 1.30 bits per heavy atom. The molecule has 154 valence electrons. The average Bonchev–Trinajstić information content (AvgIpc) is 2.65. The highest BCUT2D eigenvalue weighted by atomic mass is 127. The van der Waals surface area contributed by atoms with Crippen LogP contribution in [0.5, 0.6) is 0 Å². The number of likely N-dealkylation sites (tertiary alicyclic amines) is 1. The summed E-state index contributed by atoms with van der Waals surface area (Å²) in [6.45, 7) is 6.97. The van der Waals surface area contributed by atoms with E-state index in [1.54, 1.807) is 19.2 Å². The first-order chi connectivity index (χ1) is 12.7. The lowest BCUT2D eigenvalue weighted by molar-refractivity contribution is 0.00991. The normalized spacial score (nSPS) is 15.5. The van der Waals surface area contributed by atoms with Crippen LogP contribution in [0.1, 0.15) is 31.7 Å². The van der Waals surface area contributed by atoms with Gasteiger partial charge in [0, 0.05) is 46.5 Å². The third-order valence-corrected chi connectivity index (χ3v) is 4.47. The molecule has 1 heterocycles. The standard InChI is InChI=1S/C20H32FN3O2.HI/c1-3-22-20(23-11-8-17-6-4-7-18(21)16-17)24-12-9-19(10-13-24)26-15-5-14-25-2;/h4,6-7,16,19H,3,5,8-15H2,1-2H3,(H,22,23);1H. The van der Waals surface area contributed by atoms with E-state index in [1.807, 2.05) is 6.07 Å². The van der Waals surface area contributed by atoms with Gasteiger partial charge in [-0.2, -0.15) is 0 Å². The Morgan fingerprint density at radius 2 is 2.07 bits per heavy atom. The smallest absolute Gasteiger partial charge is 0.193 e. The zero-order valence-corrected chi connectivity index (χ0v) is 18.8. The average molecular weight is 493 g/mol. The van der Waals surface area contributed by atoms with Crippen LogP contribution in [0.4, 0.5) is 4.39 Å². The van der Waals surface area contributed by atoms with Gasteiger partial charge in [-0.1, -0.05) is 12.1 Å². The molecule has 2 rings (SSSR count). The molecule has 27 heavy (non-hydrogen) atoms. The molecule has 1 fully saturated rings. The lowest BCUT2D eigenvalue weighted by atomic mass is 10.1. The molecule has 0 saturated carbocycles. The summed E-state index contributed by atoms with van der Waals surface area (Å²) in [6, 6.07) is 6.74. The molecule has 0 radical (unpaired) electrons. The number of halogens is 2. The number of hydrogen-bond donors (Lipinski definition) is 1. The molecule has 1 aromatic carbocycles. The summed E-state index contributed by atoms with van der Waals surface area (Å²) in [5.74, 6) is 0.757. The van der Waals surface area contributed by atoms with Crippen molar-refractivity contribution in [2.45, 2.75) is 38.7 Å². The summed E-state index contributed by atoms with van der Waals surface area (Å²) in [5.41, 5.74) is 0.979. The molecule has 0 aromatic heterocycles. The molecule has 1 aromatic rings. The largest absolute Gasteiger partial charge is 0.385 e. The summed E-state index contributed by atoms with van der Waals surface area (Å²) in [6.07, 6.45) is 4.05. The number of rotatable bonds is 9. The van der Waals surface area contributed by atoms with Gasteiger partial charge >= 0.3 is 0 Å². The summed E-state index contributed by atoms with van der Waals surface area (Å²) >= 11 is 0. The molecule has 5 nitrogen and oxygen atoms in total. The van der Waals surface area contributed by atoms with E-state index in [1.165, 1.54) is 6.07 Å². The molecule has 0 aliphatic carbocycles. The van der Waals surface area contributed by atoms with E-state index in [0.717, 1.165) is 70.1 Å². The monoisotopic (exact) mass is 493 g/mol. The van der Waals surface area contributed by atoms with E-state index < -0.39 is 0 Å². The molecule has 1 aliphatic heterocycles. The lowest BCUT2D eigenvalue weighted by Gasteiger charge is -2.34. The number of nitrogens with zero attached hydrogens (tertiary/aromatic N) is 2. The van der Waals surface area contributed by atoms with Crippen molar-refractivity contribution in [2.75, 3.05) is 46.5 Å². The van der Waals surface area contributed by atoms with Crippen LogP contribution >= 0.6 is 24.0 Å². The van der Waals surface area contributed by atoms with Gasteiger partial charge in [0.05, 0.1) is 6.10 Å². The zero-order valence-electron chi connectivity index (χ0n) is 16.5. The fourth-order valence-electron chi connectivity index (χ4n) is 3.10. The van der Waals surface area contributed by atoms with Crippen LogP contribution in [0.2, 0.25) is 0 Å². The van der Waals surface area contributed by atoms with E-state index in [-0.39, 0.29) is 29.8 Å². The number of ether oxygens (including phenoxy) is 2. The molecule has 0 amide bonds. The zero-order chi connectivity index (χ0) is 18.6. The van der Waals surface area contributed by atoms with Crippen LogP contribution in [0.3, 0.4) is 0 Å². The van der Waals surface area contributed by atoms with Crippen molar-refractivity contribution in [1.82, 2.24) is 10.2 Å². The molecule has 0 bridgehead atoms. The summed E-state index contributed by atoms with van der Waals surface area (Å²) in [7, 11) is 1.72. The van der Waals surface area contributed by atoms with Gasteiger partial charge in [-0.15, -0.1) is 24.0 Å². The first-order valence-corrected chi connectivity index (χ1v) is 9.61. The van der Waals surface area contributed by atoms with E-state index >= 15 is 0 Å². The third kappa shape index (κ3) is 9.21. The molecular weight excluding hydrogens is 460 g/mol. The van der Waals surface area contributed by atoms with Crippen LogP contribution < -0.4 is 5.32 Å². The number of guanidine groups is 1. The molecule has 0 unspecified atom stereocenters. The third-order valence-electron chi connectivity index (χ3n) is 4.47. The Hall–Kier alpha value is -0.930. The second-order valence-electron chi connectivity index (χ2n) is 6.52. The number of piperidine rings is 1. The molecule has 1 aliphatic rings. The quantitative estimate of drug-likeness (QED) is 0.248. The predicted octanol–water partition coefficient (Wildman–Crippen LogP) is 3.47. The SMILES string of the molecule is CCNC(=NCCc1cccc(F)c1)N1CCC(OCCCOC)CC1.I. The van der Waals surface area contributed by atoms with Crippen molar-refractivity contribution in [3.05, 3.63) is 35.6 Å². The summed E-state index contributed by atoms with van der Waals surface area (Å²) in [4.78, 5) is 7.02. The summed E-state index contributed by atoms with van der Waals surface area (Å²) in [5, 5.41) is 3.37. The highest BCUT2D eigenvalue weighted by Crippen LogP contribution is 2.14. The van der Waals surface area contributed by atoms with Crippen LogP contribution in [0.25, 0.3) is 0 Å². The van der Waals surface area contributed by atoms with Gasteiger partial charge in [0.1, 0.15) is 5.82 Å². The minimum absolute atomic E-state index is 0. The van der Waals surface area contributed by atoms with Crippen molar-refractivity contribution < 1.29 is 13.9 Å². The fraction of sp³-hybridized carbons (Fsp3) is 0.650. The van der Waals surface area contributed by atoms with E-state index in [4.69, 9.17) is 14.5 Å². The van der Waals surface area contributed by atoms with E-state index in [2.05, 4.69) is 17.1 Å². The number of aliphatic imine (C=N–C) groups is 1. The topological polar surface area (TPSA) is 46.1 Å². The number of hydrogen-bond acceptors (Lipinski definition) is 3. The maximum absolute atomic E-state index is 13.3. The highest BCUT2D eigenvalue weighted by molar-refractivity contribution is 14.0. The van der Waals surface area contributed by atoms with E-state index in [9.17, 15) is 4.39 Å². The molecule has 0 atom stereocenters. The molecule has 0 spiro atoms. The Kier molecular flexibility index (Phi) is 12.6. The summed E-state index contributed by atoms with van der Waals surface area (Å²) < 4.78 is 24.2. The highest BCUT2D eigenvalue weighted by Gasteiger charge is 2.21. The van der Waals surface area contributed by atoms with Crippen molar-refractivity contribution in [3.63, 3.8) is 0 Å². The lowest BCUT2D eigenvalue weighted by Crippen LogP contribution is -2.47. The number of nitrogens with one attached hydrogen (secondary N) is 1. The molecule has 1 saturated heterocycles. The second kappa shape index (κ2) is 14.1. The Bertz CT molecular complexity index is 552. The fourth-order valence-corrected chi connectivity index (χ4v) is 3.10. The van der Waals surface area contributed by atoms with Crippen molar-refractivity contribution >= 4 is 29.9 Å². The van der Waals surface area contributed by atoms with Gasteiger partial charge < -0.3 is 19.7 Å². The molecule has 7 heteroatoms. The van der Waals surface area contributed by atoms with Gasteiger partial charge in [-0.25, -0.2) is 4.39 Å². The van der Waals surface area contributed by atoms with Crippen molar-refractivity contribution in [1.29, 1.82) is 0 Å². The second-order valence-corrected chi connectivity index (χ2v) is 6.52. The van der Waals surface area contributed by atoms with Gasteiger partial charge in [-0.3, -0.25) is 4.99 Å². The number of benzene rings is 1. The van der Waals surface area contributed by atoms with Gasteiger partial charge in [0.2, 0.25) is 0 Å². The van der Waals surface area contributed by atoms with Crippen LogP contribution in [-0.2, 0) is 15.9 Å². The van der Waals surface area contributed by atoms with Crippen molar-refractivity contribution in [2.24, 2.45) is 4.99 Å². The Balaban J connectivity index is 0.00000364. The van der Waals surface area contributed by atoms with Crippen molar-refractivity contribution in [3.8, 4) is 0 Å². The molecular formula is C20H33FIN3O2. The Morgan fingerprint density at radius 3 is 2.74 bits per heavy atom. The minimum Gasteiger partial charge on any atom is -0.385 e. The Labute approximate surface area is 179 Å². The maximum atomic E-state index is 13.3. The van der Waals surface area contributed by atoms with Gasteiger partial charge in [-0.05, 0) is 50.3 Å². The predicted molar refractivity (Wildman–Crippen MR) is 119 cm³/mol. The first-order valence-electron chi connectivity index (χ1n) is 9.61. The van der Waals surface area contributed by atoms with Crippen LogP contribution in [0.15, 0.2) is 29.3 Å². The molecule has 1 N–H and O–H groups in total. The minimum atomic E-state index is -0.189. The van der Waals surface area contributed by atoms with Gasteiger partial charge in [0.25, 0.3) is 0 Å². The van der Waals surface area contributed by atoms with Crippen LogP contribution in [0, 0.1) is 5.82 Å².